The Morgan fingerprint density at radius 3 is 2.90 bits per heavy atom. The molecule has 1 amide bonds. The molecule has 5 heteroatoms. The van der Waals surface area contributed by atoms with Crippen molar-refractivity contribution >= 4 is 11.6 Å². The number of carbonyl (C=O) groups is 1. The van der Waals surface area contributed by atoms with Crippen molar-refractivity contribution < 1.29 is 4.79 Å². The van der Waals surface area contributed by atoms with E-state index in [-0.39, 0.29) is 5.91 Å². The maximum atomic E-state index is 11.5. The number of pyridine rings is 1. The van der Waals surface area contributed by atoms with Crippen LogP contribution in [0.3, 0.4) is 0 Å². The predicted octanol–water partition coefficient (Wildman–Crippen LogP) is 2.04. The van der Waals surface area contributed by atoms with E-state index in [1.54, 1.807) is 0 Å². The summed E-state index contributed by atoms with van der Waals surface area (Å²) in [5.74, 6) is 0.122. The number of amides is 1. The molecule has 0 aromatic carbocycles. The van der Waals surface area contributed by atoms with Crippen LogP contribution in [0, 0.1) is 25.2 Å². The molecule has 1 aromatic rings. The van der Waals surface area contributed by atoms with Crippen molar-refractivity contribution in [2.24, 2.45) is 0 Å². The first-order valence-electron chi connectivity index (χ1n) is 7.01. The molecule has 0 atom stereocenters. The number of aromatic nitrogens is 1. The Labute approximate surface area is 119 Å². The molecule has 0 saturated heterocycles. The largest absolute Gasteiger partial charge is 0.384 e. The van der Waals surface area contributed by atoms with Gasteiger partial charge in [0.15, 0.2) is 0 Å². The van der Waals surface area contributed by atoms with Crippen LogP contribution in [0.15, 0.2) is 6.07 Å². The number of hydrogen-bond acceptors (Lipinski definition) is 4. The van der Waals surface area contributed by atoms with Crippen molar-refractivity contribution in [2.45, 2.75) is 45.6 Å². The summed E-state index contributed by atoms with van der Waals surface area (Å²) in [6.07, 6.45) is 3.51. The normalized spacial score (nSPS) is 13.7. The zero-order valence-corrected chi connectivity index (χ0v) is 12.0. The molecule has 1 aliphatic carbocycles. The third-order valence-electron chi connectivity index (χ3n) is 3.28. The van der Waals surface area contributed by atoms with Crippen molar-refractivity contribution in [3.05, 3.63) is 23.0 Å². The number of carbonyl (C=O) groups excluding carboxylic acids is 1. The average molecular weight is 272 g/mol. The van der Waals surface area contributed by atoms with E-state index in [0.717, 1.165) is 36.3 Å². The van der Waals surface area contributed by atoms with E-state index < -0.39 is 0 Å². The molecule has 1 aromatic heterocycles. The zero-order valence-electron chi connectivity index (χ0n) is 12.0. The van der Waals surface area contributed by atoms with Crippen LogP contribution in [0.4, 0.5) is 5.69 Å². The third kappa shape index (κ3) is 3.95. The summed E-state index contributed by atoms with van der Waals surface area (Å²) in [7, 11) is 0. The molecule has 2 rings (SSSR count). The van der Waals surface area contributed by atoms with Gasteiger partial charge in [-0.2, -0.15) is 5.26 Å². The van der Waals surface area contributed by atoms with Gasteiger partial charge in [-0.25, -0.2) is 0 Å². The molecular formula is C15H20N4O. The Morgan fingerprint density at radius 2 is 2.25 bits per heavy atom. The van der Waals surface area contributed by atoms with Gasteiger partial charge in [0.2, 0.25) is 5.91 Å². The molecule has 1 saturated carbocycles. The van der Waals surface area contributed by atoms with Gasteiger partial charge in [0.1, 0.15) is 6.07 Å². The van der Waals surface area contributed by atoms with Crippen molar-refractivity contribution in [1.29, 1.82) is 5.26 Å². The van der Waals surface area contributed by atoms with E-state index in [1.165, 1.54) is 0 Å². The Balaban J connectivity index is 1.81. The first-order valence-corrected chi connectivity index (χ1v) is 7.01. The van der Waals surface area contributed by atoms with E-state index in [0.29, 0.717) is 24.6 Å². The first-order chi connectivity index (χ1) is 9.60. The van der Waals surface area contributed by atoms with Crippen LogP contribution in [0.25, 0.3) is 0 Å². The molecule has 0 radical (unpaired) electrons. The number of anilines is 1. The van der Waals surface area contributed by atoms with E-state index in [1.807, 2.05) is 19.9 Å². The van der Waals surface area contributed by atoms with Crippen LogP contribution >= 0.6 is 0 Å². The summed E-state index contributed by atoms with van der Waals surface area (Å²) in [5, 5.41) is 15.3. The zero-order chi connectivity index (χ0) is 14.5. The van der Waals surface area contributed by atoms with Crippen LogP contribution in [-0.4, -0.2) is 23.5 Å². The second kappa shape index (κ2) is 6.38. The van der Waals surface area contributed by atoms with Gasteiger partial charge in [-0.3, -0.25) is 9.78 Å². The van der Waals surface area contributed by atoms with Crippen molar-refractivity contribution in [2.75, 3.05) is 11.9 Å². The fourth-order valence-electron chi connectivity index (χ4n) is 2.11. The second-order valence-corrected chi connectivity index (χ2v) is 5.26. The van der Waals surface area contributed by atoms with Crippen LogP contribution in [0.2, 0.25) is 0 Å². The number of nitrogens with zero attached hydrogens (tertiary/aromatic N) is 2. The van der Waals surface area contributed by atoms with Crippen LogP contribution in [0.5, 0.6) is 0 Å². The molecule has 1 fully saturated rings. The highest BCUT2D eigenvalue weighted by atomic mass is 16.1. The highest BCUT2D eigenvalue weighted by molar-refractivity contribution is 5.76. The Kier molecular flexibility index (Phi) is 4.57. The maximum Gasteiger partial charge on any atom is 0.220 e. The Morgan fingerprint density at radius 1 is 1.50 bits per heavy atom. The lowest BCUT2D eigenvalue weighted by Gasteiger charge is -2.10. The van der Waals surface area contributed by atoms with E-state index in [2.05, 4.69) is 21.7 Å². The molecule has 0 unspecified atom stereocenters. The van der Waals surface area contributed by atoms with E-state index in [9.17, 15) is 4.79 Å². The summed E-state index contributed by atoms with van der Waals surface area (Å²) in [5.41, 5.74) is 3.01. The van der Waals surface area contributed by atoms with Gasteiger partial charge in [-0.05, 0) is 39.2 Å². The van der Waals surface area contributed by atoms with Gasteiger partial charge in [-0.15, -0.1) is 0 Å². The van der Waals surface area contributed by atoms with E-state index >= 15 is 0 Å². The lowest BCUT2D eigenvalue weighted by atomic mass is 10.1. The number of nitrogens with one attached hydrogen (secondary N) is 2. The quantitative estimate of drug-likeness (QED) is 0.777. The minimum absolute atomic E-state index is 0.122. The SMILES string of the molecule is Cc1cc(NCCCC(=O)NC2CC2)c(C#N)c(C)n1. The molecule has 5 nitrogen and oxygen atoms in total. The molecule has 1 heterocycles. The number of rotatable bonds is 6. The predicted molar refractivity (Wildman–Crippen MR) is 77.3 cm³/mol. The molecule has 0 bridgehead atoms. The van der Waals surface area contributed by atoms with Crippen molar-refractivity contribution in [3.8, 4) is 6.07 Å². The van der Waals surface area contributed by atoms with Crippen molar-refractivity contribution in [1.82, 2.24) is 10.3 Å². The lowest BCUT2D eigenvalue weighted by Crippen LogP contribution is -2.25. The summed E-state index contributed by atoms with van der Waals surface area (Å²) >= 11 is 0. The fraction of sp³-hybridized carbons (Fsp3) is 0.533. The molecule has 106 valence electrons. The summed E-state index contributed by atoms with van der Waals surface area (Å²) in [4.78, 5) is 15.8. The molecule has 0 aliphatic heterocycles. The topological polar surface area (TPSA) is 77.8 Å². The second-order valence-electron chi connectivity index (χ2n) is 5.26. The Hall–Kier alpha value is -2.09. The third-order valence-corrected chi connectivity index (χ3v) is 3.28. The highest BCUT2D eigenvalue weighted by Gasteiger charge is 2.22. The van der Waals surface area contributed by atoms with Gasteiger partial charge in [0, 0.05) is 24.7 Å². The highest BCUT2D eigenvalue weighted by Crippen LogP contribution is 2.19. The molecular weight excluding hydrogens is 252 g/mol. The molecule has 20 heavy (non-hydrogen) atoms. The van der Waals surface area contributed by atoms with Gasteiger partial charge in [0.25, 0.3) is 0 Å². The van der Waals surface area contributed by atoms with Crippen LogP contribution < -0.4 is 10.6 Å². The van der Waals surface area contributed by atoms with Gasteiger partial charge in [0.05, 0.1) is 16.9 Å². The standard InChI is InChI=1S/C15H20N4O/c1-10-8-14(13(9-16)11(2)18-10)17-7-3-4-15(20)19-12-5-6-12/h8,12H,3-7H2,1-2H3,(H,17,18)(H,19,20). The minimum Gasteiger partial charge on any atom is -0.384 e. The first kappa shape index (κ1) is 14.3. The molecule has 1 aliphatic rings. The van der Waals surface area contributed by atoms with Crippen LogP contribution in [0.1, 0.15) is 42.6 Å². The maximum absolute atomic E-state index is 11.5. The molecule has 0 spiro atoms. The summed E-state index contributed by atoms with van der Waals surface area (Å²) < 4.78 is 0. The van der Waals surface area contributed by atoms with E-state index in [4.69, 9.17) is 5.26 Å². The number of nitriles is 1. The van der Waals surface area contributed by atoms with Gasteiger partial charge < -0.3 is 10.6 Å². The smallest absolute Gasteiger partial charge is 0.220 e. The lowest BCUT2D eigenvalue weighted by molar-refractivity contribution is -0.121. The monoisotopic (exact) mass is 272 g/mol. The van der Waals surface area contributed by atoms with Crippen molar-refractivity contribution in [3.63, 3.8) is 0 Å². The van der Waals surface area contributed by atoms with Gasteiger partial charge in [-0.1, -0.05) is 0 Å². The minimum atomic E-state index is 0.122. The fourth-order valence-corrected chi connectivity index (χ4v) is 2.11. The van der Waals surface area contributed by atoms with Gasteiger partial charge >= 0.3 is 0 Å². The summed E-state index contributed by atoms with van der Waals surface area (Å²) in [6.45, 7) is 4.41. The number of aryl methyl sites for hydroxylation is 2. The molecule has 2 N–H and O–H groups in total. The van der Waals surface area contributed by atoms with Crippen LogP contribution in [-0.2, 0) is 4.79 Å². The average Bonchev–Trinajstić information content (AvgIpc) is 3.18. The summed E-state index contributed by atoms with van der Waals surface area (Å²) in [6, 6.07) is 4.46. The number of hydrogen-bond donors (Lipinski definition) is 2. The Bertz CT molecular complexity index is 544.